The van der Waals surface area contributed by atoms with Gasteiger partial charge in [0.05, 0.1) is 5.69 Å². The molecule has 1 aliphatic carbocycles. The number of carbonyl (C=O) groups excluding carboxylic acids is 2. The first kappa shape index (κ1) is 21.5. The fourth-order valence-electron chi connectivity index (χ4n) is 3.65. The van der Waals surface area contributed by atoms with Gasteiger partial charge in [-0.2, -0.15) is 0 Å². The quantitative estimate of drug-likeness (QED) is 0.331. The van der Waals surface area contributed by atoms with Crippen molar-refractivity contribution in [3.8, 4) is 0 Å². The molecule has 2 amide bonds. The molecule has 6 nitrogen and oxygen atoms in total. The van der Waals surface area contributed by atoms with Crippen molar-refractivity contribution in [2.45, 2.75) is 43.3 Å². The Kier molecular flexibility index (Phi) is 6.99. The Morgan fingerprint density at radius 1 is 1.13 bits per heavy atom. The Morgan fingerprint density at radius 3 is 2.68 bits per heavy atom. The number of thiazole rings is 1. The van der Waals surface area contributed by atoms with Gasteiger partial charge in [0.1, 0.15) is 0 Å². The molecule has 0 spiro atoms. The highest BCUT2D eigenvalue weighted by atomic mass is 32.2. The largest absolute Gasteiger partial charge is 0.325 e. The lowest BCUT2D eigenvalue weighted by atomic mass is 9.94. The van der Waals surface area contributed by atoms with Crippen molar-refractivity contribution in [2.75, 3.05) is 10.6 Å². The molecule has 1 aromatic carbocycles. The first-order valence-electron chi connectivity index (χ1n) is 10.3. The summed E-state index contributed by atoms with van der Waals surface area (Å²) in [5.41, 5.74) is 2.14. The molecule has 0 atom stereocenters. The van der Waals surface area contributed by atoms with Crippen molar-refractivity contribution in [1.82, 2.24) is 9.97 Å². The zero-order valence-electron chi connectivity index (χ0n) is 17.3. The van der Waals surface area contributed by atoms with Crippen LogP contribution in [0.1, 0.15) is 46.5 Å². The van der Waals surface area contributed by atoms with Crippen LogP contribution in [0.2, 0.25) is 0 Å². The summed E-state index contributed by atoms with van der Waals surface area (Å²) < 4.78 is 0. The third-order valence-corrected chi connectivity index (χ3v) is 7.38. The topological polar surface area (TPSA) is 84.0 Å². The van der Waals surface area contributed by atoms with Gasteiger partial charge >= 0.3 is 6.03 Å². The maximum Gasteiger partial charge on any atom is 0.325 e. The van der Waals surface area contributed by atoms with Crippen LogP contribution in [0.4, 0.5) is 15.6 Å². The Bertz CT molecular complexity index is 1060. The highest BCUT2D eigenvalue weighted by Gasteiger charge is 2.26. The molecular weight excluding hydrogens is 428 g/mol. The molecule has 0 saturated heterocycles. The summed E-state index contributed by atoms with van der Waals surface area (Å²) in [5.74, 6) is 0.953. The summed E-state index contributed by atoms with van der Waals surface area (Å²) in [6.07, 6.45) is 9.35. The van der Waals surface area contributed by atoms with Crippen molar-refractivity contribution >= 4 is 45.7 Å². The van der Waals surface area contributed by atoms with Gasteiger partial charge in [-0.05, 0) is 44.0 Å². The smallest absolute Gasteiger partial charge is 0.307 e. The number of urea groups is 1. The maximum absolute atomic E-state index is 13.0. The van der Waals surface area contributed by atoms with E-state index in [0.29, 0.717) is 16.4 Å². The van der Waals surface area contributed by atoms with Gasteiger partial charge in [-0.1, -0.05) is 24.5 Å². The number of nitrogens with zero attached hydrogens (tertiary/aromatic N) is 2. The van der Waals surface area contributed by atoms with Crippen molar-refractivity contribution in [2.24, 2.45) is 5.92 Å². The number of rotatable bonds is 7. The molecule has 3 aromatic rings. The van der Waals surface area contributed by atoms with Crippen LogP contribution >= 0.6 is 23.1 Å². The molecule has 1 fully saturated rings. The number of Topliss-reactive ketones (excluding diaryl/α,β-unsaturated/α-hetero) is 1. The van der Waals surface area contributed by atoms with Gasteiger partial charge in [-0.3, -0.25) is 15.1 Å². The van der Waals surface area contributed by atoms with Crippen LogP contribution in [-0.4, -0.2) is 21.8 Å². The van der Waals surface area contributed by atoms with E-state index < -0.39 is 6.03 Å². The van der Waals surface area contributed by atoms with E-state index in [1.54, 1.807) is 36.4 Å². The van der Waals surface area contributed by atoms with Crippen LogP contribution in [0.3, 0.4) is 0 Å². The number of ketones is 1. The number of thioether (sulfide) groups is 1. The van der Waals surface area contributed by atoms with Crippen LogP contribution in [0.5, 0.6) is 0 Å². The summed E-state index contributed by atoms with van der Waals surface area (Å²) in [4.78, 5) is 36.0. The molecule has 0 bridgehead atoms. The maximum atomic E-state index is 13.0. The zero-order valence-corrected chi connectivity index (χ0v) is 18.9. The molecule has 0 radical (unpaired) electrons. The summed E-state index contributed by atoms with van der Waals surface area (Å²) in [6.45, 7) is 1.95. The Hall–Kier alpha value is -2.71. The number of hydrogen-bond acceptors (Lipinski definition) is 6. The predicted octanol–water partition coefficient (Wildman–Crippen LogP) is 6.16. The number of benzene rings is 1. The number of anilines is 2. The van der Waals surface area contributed by atoms with Gasteiger partial charge < -0.3 is 5.32 Å². The second-order valence-electron chi connectivity index (χ2n) is 7.58. The molecule has 1 aliphatic rings. The standard InChI is InChI=1S/C23H24N4O2S2/c1-15-6-7-20(19(12-15)21(28)16-4-2-3-5-16)26-22(29)27-23-25-13-18(31-23)14-30-17-8-10-24-11-9-17/h6-13,16H,2-5,14H2,1H3,(H2,25,26,27,29). The van der Waals surface area contributed by atoms with E-state index in [9.17, 15) is 9.59 Å². The van der Waals surface area contributed by atoms with Gasteiger partial charge in [0, 0.05) is 45.6 Å². The van der Waals surface area contributed by atoms with E-state index in [0.717, 1.165) is 46.8 Å². The minimum absolute atomic E-state index is 0.0600. The van der Waals surface area contributed by atoms with Gasteiger partial charge in [0.25, 0.3) is 0 Å². The molecular formula is C23H24N4O2S2. The number of aromatic nitrogens is 2. The van der Waals surface area contributed by atoms with Gasteiger partial charge in [0.2, 0.25) is 0 Å². The highest BCUT2D eigenvalue weighted by molar-refractivity contribution is 7.98. The van der Waals surface area contributed by atoms with E-state index in [2.05, 4.69) is 20.6 Å². The first-order chi connectivity index (χ1) is 15.1. The number of carbonyl (C=O) groups is 2. The molecule has 0 unspecified atom stereocenters. The number of nitrogens with one attached hydrogen (secondary N) is 2. The molecule has 2 N–H and O–H groups in total. The molecule has 8 heteroatoms. The number of pyridine rings is 1. The van der Waals surface area contributed by atoms with Gasteiger partial charge in [0.15, 0.2) is 10.9 Å². The SMILES string of the molecule is Cc1ccc(NC(=O)Nc2ncc(CSc3ccncc3)s2)c(C(=O)C2CCCC2)c1. The van der Waals surface area contributed by atoms with Crippen molar-refractivity contribution < 1.29 is 9.59 Å². The van der Waals surface area contributed by atoms with Crippen molar-refractivity contribution in [3.05, 3.63) is 64.9 Å². The Morgan fingerprint density at radius 2 is 1.90 bits per heavy atom. The number of aryl methyl sites for hydroxylation is 1. The lowest BCUT2D eigenvalue weighted by Gasteiger charge is -2.14. The summed E-state index contributed by atoms with van der Waals surface area (Å²) >= 11 is 3.13. The minimum Gasteiger partial charge on any atom is -0.307 e. The second-order valence-corrected chi connectivity index (χ2v) is 9.74. The molecule has 31 heavy (non-hydrogen) atoms. The normalized spacial score (nSPS) is 13.8. The monoisotopic (exact) mass is 452 g/mol. The molecule has 0 aliphatic heterocycles. The summed E-state index contributed by atoms with van der Waals surface area (Å²) in [5, 5.41) is 6.15. The third kappa shape index (κ3) is 5.71. The summed E-state index contributed by atoms with van der Waals surface area (Å²) in [6, 6.07) is 9.10. The van der Waals surface area contributed by atoms with Crippen LogP contribution in [0, 0.1) is 12.8 Å². The van der Waals surface area contributed by atoms with Crippen molar-refractivity contribution in [3.63, 3.8) is 0 Å². The fraction of sp³-hybridized carbons (Fsp3) is 0.304. The fourth-order valence-corrected chi connectivity index (χ4v) is 5.36. The average molecular weight is 453 g/mol. The van der Waals surface area contributed by atoms with Crippen molar-refractivity contribution in [1.29, 1.82) is 0 Å². The molecule has 2 heterocycles. The zero-order chi connectivity index (χ0) is 21.6. The van der Waals surface area contributed by atoms with Crippen LogP contribution in [0.15, 0.2) is 53.8 Å². The van der Waals surface area contributed by atoms with E-state index in [4.69, 9.17) is 0 Å². The van der Waals surface area contributed by atoms with Gasteiger partial charge in [-0.15, -0.1) is 23.1 Å². The van der Waals surface area contributed by atoms with Crippen LogP contribution in [-0.2, 0) is 5.75 Å². The number of hydrogen-bond donors (Lipinski definition) is 2. The molecule has 4 rings (SSSR count). The predicted molar refractivity (Wildman–Crippen MR) is 126 cm³/mol. The molecule has 160 valence electrons. The summed E-state index contributed by atoms with van der Waals surface area (Å²) in [7, 11) is 0. The van der Waals surface area contributed by atoms with Crippen LogP contribution in [0.25, 0.3) is 0 Å². The van der Waals surface area contributed by atoms with Gasteiger partial charge in [-0.25, -0.2) is 9.78 Å². The van der Waals surface area contributed by atoms with E-state index in [-0.39, 0.29) is 11.7 Å². The lowest BCUT2D eigenvalue weighted by Crippen LogP contribution is -2.22. The van der Waals surface area contributed by atoms with E-state index >= 15 is 0 Å². The van der Waals surface area contributed by atoms with Crippen LogP contribution < -0.4 is 10.6 Å². The Balaban J connectivity index is 1.38. The first-order valence-corrected chi connectivity index (χ1v) is 12.1. The molecule has 1 saturated carbocycles. The number of amides is 2. The Labute approximate surface area is 189 Å². The second kappa shape index (κ2) is 10.1. The average Bonchev–Trinajstić information content (AvgIpc) is 3.46. The third-order valence-electron chi connectivity index (χ3n) is 5.22. The van der Waals surface area contributed by atoms with E-state index in [1.807, 2.05) is 31.2 Å². The highest BCUT2D eigenvalue weighted by Crippen LogP contribution is 2.31. The minimum atomic E-state index is -0.396. The molecule has 2 aromatic heterocycles. The lowest BCUT2D eigenvalue weighted by molar-refractivity contribution is 0.0923. The van der Waals surface area contributed by atoms with E-state index in [1.165, 1.54) is 11.3 Å².